The van der Waals surface area contributed by atoms with E-state index < -0.39 is 17.7 Å². The topological polar surface area (TPSA) is 57.6 Å². The van der Waals surface area contributed by atoms with E-state index in [1.807, 2.05) is 43.3 Å². The molecule has 1 fully saturated rings. The lowest BCUT2D eigenvalue weighted by Gasteiger charge is -2.25. The first-order valence-electron chi connectivity index (χ1n) is 9.26. The molecule has 1 saturated heterocycles. The molecule has 1 N–H and O–H groups in total. The highest BCUT2D eigenvalue weighted by Gasteiger charge is 2.46. The predicted octanol–water partition coefficient (Wildman–Crippen LogP) is 6.04. The van der Waals surface area contributed by atoms with Crippen molar-refractivity contribution in [2.45, 2.75) is 13.0 Å². The first kappa shape index (κ1) is 20.4. The summed E-state index contributed by atoms with van der Waals surface area (Å²) in [6.07, 6.45) is 0. The molecule has 1 atom stereocenters. The lowest BCUT2D eigenvalue weighted by Crippen LogP contribution is -2.29. The van der Waals surface area contributed by atoms with E-state index in [-0.39, 0.29) is 11.3 Å². The van der Waals surface area contributed by atoms with Crippen LogP contribution in [0.1, 0.15) is 22.7 Å². The van der Waals surface area contributed by atoms with Crippen LogP contribution in [0.4, 0.5) is 5.69 Å². The largest absolute Gasteiger partial charge is 0.507 e. The molecule has 0 aromatic heterocycles. The molecule has 0 bridgehead atoms. The van der Waals surface area contributed by atoms with E-state index in [0.717, 1.165) is 10.0 Å². The molecular formula is C24H17BrClNO3. The Labute approximate surface area is 187 Å². The van der Waals surface area contributed by atoms with E-state index >= 15 is 0 Å². The van der Waals surface area contributed by atoms with E-state index in [9.17, 15) is 14.7 Å². The number of Topliss-reactive ketones (excluding diaryl/α,β-unsaturated/α-hetero) is 1. The Morgan fingerprint density at radius 2 is 1.53 bits per heavy atom. The van der Waals surface area contributed by atoms with Gasteiger partial charge in [-0.05, 0) is 61.0 Å². The Morgan fingerprint density at radius 3 is 2.13 bits per heavy atom. The van der Waals surface area contributed by atoms with Gasteiger partial charge in [0.05, 0.1) is 11.6 Å². The number of aliphatic hydroxyl groups excluding tert-OH is 1. The molecule has 1 heterocycles. The molecule has 150 valence electrons. The van der Waals surface area contributed by atoms with Gasteiger partial charge in [-0.2, -0.15) is 0 Å². The van der Waals surface area contributed by atoms with Crippen LogP contribution in [0.15, 0.2) is 82.8 Å². The molecule has 1 aliphatic heterocycles. The Morgan fingerprint density at radius 1 is 0.933 bits per heavy atom. The minimum atomic E-state index is -0.753. The normalized spacial score (nSPS) is 18.1. The van der Waals surface area contributed by atoms with E-state index in [2.05, 4.69) is 15.9 Å². The van der Waals surface area contributed by atoms with Crippen molar-refractivity contribution in [1.82, 2.24) is 0 Å². The summed E-state index contributed by atoms with van der Waals surface area (Å²) in [4.78, 5) is 27.5. The monoisotopic (exact) mass is 481 g/mol. The SMILES string of the molecule is Cc1ccc(N2C(=O)C(=O)/C(=C(/O)c3ccc(Cl)cc3)[C@H]2c2ccc(Br)cc2)cc1. The second kappa shape index (κ2) is 8.09. The zero-order valence-corrected chi connectivity index (χ0v) is 18.3. The van der Waals surface area contributed by atoms with E-state index in [0.29, 0.717) is 21.8 Å². The average molecular weight is 483 g/mol. The summed E-state index contributed by atoms with van der Waals surface area (Å²) in [5, 5.41) is 11.5. The Kier molecular flexibility index (Phi) is 5.50. The molecule has 1 aliphatic rings. The van der Waals surface area contributed by atoms with Crippen LogP contribution in [-0.2, 0) is 9.59 Å². The predicted molar refractivity (Wildman–Crippen MR) is 122 cm³/mol. The molecule has 4 rings (SSSR count). The second-order valence-corrected chi connectivity index (χ2v) is 8.42. The maximum atomic E-state index is 13.0. The number of anilines is 1. The summed E-state index contributed by atoms with van der Waals surface area (Å²) in [6.45, 7) is 1.95. The number of ketones is 1. The number of benzene rings is 3. The minimum Gasteiger partial charge on any atom is -0.507 e. The van der Waals surface area contributed by atoms with Crippen LogP contribution in [0, 0.1) is 6.92 Å². The van der Waals surface area contributed by atoms with Gasteiger partial charge in [0.15, 0.2) is 0 Å². The van der Waals surface area contributed by atoms with E-state index in [4.69, 9.17) is 11.6 Å². The quantitative estimate of drug-likeness (QED) is 0.281. The first-order valence-corrected chi connectivity index (χ1v) is 10.4. The fourth-order valence-electron chi connectivity index (χ4n) is 3.53. The van der Waals surface area contributed by atoms with Gasteiger partial charge in [-0.25, -0.2) is 0 Å². The Balaban J connectivity index is 1.93. The van der Waals surface area contributed by atoms with Gasteiger partial charge in [0.2, 0.25) is 0 Å². The van der Waals surface area contributed by atoms with Crippen molar-refractivity contribution in [3.05, 3.63) is 105 Å². The molecule has 1 amide bonds. The summed E-state index contributed by atoms with van der Waals surface area (Å²) in [7, 11) is 0. The third-order valence-electron chi connectivity index (χ3n) is 5.06. The molecule has 0 unspecified atom stereocenters. The highest BCUT2D eigenvalue weighted by Crippen LogP contribution is 2.42. The molecule has 4 nitrogen and oxygen atoms in total. The van der Waals surface area contributed by atoms with Crippen molar-refractivity contribution in [2.75, 3.05) is 4.90 Å². The molecule has 0 radical (unpaired) electrons. The fraction of sp³-hybridized carbons (Fsp3) is 0.0833. The van der Waals surface area contributed by atoms with Crippen molar-refractivity contribution in [1.29, 1.82) is 0 Å². The Hall–Kier alpha value is -2.89. The molecule has 6 heteroatoms. The van der Waals surface area contributed by atoms with Gasteiger partial charge in [0, 0.05) is 20.7 Å². The average Bonchev–Trinajstić information content (AvgIpc) is 3.00. The van der Waals surface area contributed by atoms with Gasteiger partial charge >= 0.3 is 0 Å². The van der Waals surface area contributed by atoms with Crippen LogP contribution < -0.4 is 4.90 Å². The summed E-state index contributed by atoms with van der Waals surface area (Å²) < 4.78 is 0.872. The standard InChI is InChI=1S/C24H17BrClNO3/c1-14-2-12-19(13-3-14)27-21(15-4-8-17(25)9-5-15)20(23(29)24(27)30)22(28)16-6-10-18(26)11-7-16/h2-13,21,28H,1H3/b22-20+/t21-/m1/s1. The zero-order valence-electron chi connectivity index (χ0n) is 16.0. The molecule has 0 spiro atoms. The number of amides is 1. The van der Waals surface area contributed by atoms with Crippen LogP contribution in [0.2, 0.25) is 5.02 Å². The minimum absolute atomic E-state index is 0.0465. The first-order chi connectivity index (χ1) is 14.4. The molecule has 0 saturated carbocycles. The lowest BCUT2D eigenvalue weighted by atomic mass is 9.95. The molecular weight excluding hydrogens is 466 g/mol. The number of aliphatic hydroxyl groups is 1. The van der Waals surface area contributed by atoms with Gasteiger partial charge in [-0.1, -0.05) is 57.4 Å². The van der Waals surface area contributed by atoms with E-state index in [1.54, 1.807) is 36.4 Å². The summed E-state index contributed by atoms with van der Waals surface area (Å²) in [5.74, 6) is -1.63. The van der Waals surface area contributed by atoms with Crippen LogP contribution in [0.25, 0.3) is 5.76 Å². The molecule has 3 aromatic rings. The number of halogens is 2. The number of nitrogens with zero attached hydrogens (tertiary/aromatic N) is 1. The summed E-state index contributed by atoms with van der Waals surface area (Å²) in [6, 6.07) is 20.4. The van der Waals surface area contributed by atoms with Crippen molar-refractivity contribution in [3.8, 4) is 0 Å². The van der Waals surface area contributed by atoms with Crippen LogP contribution in [-0.4, -0.2) is 16.8 Å². The third kappa shape index (κ3) is 3.66. The number of aryl methyl sites for hydroxylation is 1. The van der Waals surface area contributed by atoms with Crippen LogP contribution >= 0.6 is 27.5 Å². The highest BCUT2D eigenvalue weighted by molar-refractivity contribution is 9.10. The summed E-state index contributed by atoms with van der Waals surface area (Å²) >= 11 is 9.36. The lowest BCUT2D eigenvalue weighted by molar-refractivity contribution is -0.132. The number of carbonyl (C=O) groups is 2. The fourth-order valence-corrected chi connectivity index (χ4v) is 3.92. The van der Waals surface area contributed by atoms with Gasteiger partial charge in [-0.15, -0.1) is 0 Å². The van der Waals surface area contributed by atoms with Gasteiger partial charge in [0.25, 0.3) is 11.7 Å². The third-order valence-corrected chi connectivity index (χ3v) is 5.84. The maximum Gasteiger partial charge on any atom is 0.300 e. The van der Waals surface area contributed by atoms with E-state index in [1.165, 1.54) is 4.90 Å². The number of carbonyl (C=O) groups excluding carboxylic acids is 2. The van der Waals surface area contributed by atoms with Crippen LogP contribution in [0.3, 0.4) is 0 Å². The zero-order chi connectivity index (χ0) is 21.4. The van der Waals surface area contributed by atoms with Gasteiger partial charge < -0.3 is 5.11 Å². The van der Waals surface area contributed by atoms with Crippen molar-refractivity contribution in [2.24, 2.45) is 0 Å². The van der Waals surface area contributed by atoms with Gasteiger partial charge in [-0.3, -0.25) is 14.5 Å². The maximum absolute atomic E-state index is 13.0. The molecule has 0 aliphatic carbocycles. The number of hydrogen-bond acceptors (Lipinski definition) is 3. The Bertz CT molecular complexity index is 1150. The van der Waals surface area contributed by atoms with Gasteiger partial charge in [0.1, 0.15) is 5.76 Å². The molecule has 30 heavy (non-hydrogen) atoms. The van der Waals surface area contributed by atoms with Crippen molar-refractivity contribution in [3.63, 3.8) is 0 Å². The van der Waals surface area contributed by atoms with Crippen molar-refractivity contribution < 1.29 is 14.7 Å². The second-order valence-electron chi connectivity index (χ2n) is 7.06. The van der Waals surface area contributed by atoms with Crippen molar-refractivity contribution >= 4 is 50.7 Å². The summed E-state index contributed by atoms with van der Waals surface area (Å²) in [5.41, 5.74) is 2.81. The number of rotatable bonds is 3. The smallest absolute Gasteiger partial charge is 0.300 e. The van der Waals surface area contributed by atoms with Crippen LogP contribution in [0.5, 0.6) is 0 Å². The molecule has 3 aromatic carbocycles. The number of hydrogen-bond donors (Lipinski definition) is 1. The highest BCUT2D eigenvalue weighted by atomic mass is 79.9.